The molecule has 3 aromatic heterocycles. The number of anilines is 1. The molecule has 2 fully saturated rings. The number of halogens is 2. The Kier molecular flexibility index (Phi) is 5.64. The van der Waals surface area contributed by atoms with E-state index < -0.39 is 11.6 Å². The van der Waals surface area contributed by atoms with Crippen LogP contribution in [0.25, 0.3) is 5.65 Å². The molecule has 0 amide bonds. The Labute approximate surface area is 207 Å². The summed E-state index contributed by atoms with van der Waals surface area (Å²) in [6.45, 7) is 7.22. The summed E-state index contributed by atoms with van der Waals surface area (Å²) in [5.74, 6) is -1.84. The molecule has 0 N–H and O–H groups in total. The van der Waals surface area contributed by atoms with Crippen molar-refractivity contribution in [3.05, 3.63) is 95.7 Å². The first kappa shape index (κ1) is 22.6. The number of hydrogen-bond donors (Lipinski definition) is 0. The summed E-state index contributed by atoms with van der Waals surface area (Å²) in [5.41, 5.74) is 4.97. The van der Waals surface area contributed by atoms with Gasteiger partial charge in [-0.3, -0.25) is 9.88 Å². The van der Waals surface area contributed by atoms with Gasteiger partial charge in [0.25, 0.3) is 0 Å². The molecule has 36 heavy (non-hydrogen) atoms. The Balaban J connectivity index is 1.07. The molecule has 1 spiro atoms. The van der Waals surface area contributed by atoms with Crippen LogP contribution in [-0.2, 0) is 11.4 Å². The number of hydrogen-bond acceptors (Lipinski definition) is 6. The molecule has 0 saturated carbocycles. The molecule has 0 atom stereocenters. The van der Waals surface area contributed by atoms with E-state index in [1.54, 1.807) is 0 Å². The summed E-state index contributed by atoms with van der Waals surface area (Å²) in [6, 6.07) is 11.8. The predicted molar refractivity (Wildman–Crippen MR) is 133 cm³/mol. The Morgan fingerprint density at radius 3 is 2.61 bits per heavy atom. The number of rotatable bonds is 7. The molecule has 4 aromatic rings. The third-order valence-electron chi connectivity index (χ3n) is 6.87. The Morgan fingerprint density at radius 1 is 1.00 bits per heavy atom. The standard InChI is InChI=1S/C27H26F2N6O/c1-2-36-32-26(20-4-5-22(28)23(29)11-20)24-6-3-19(13-31-24)14-33-15-27(16-33)17-35(18-27)21-7-9-34-10-8-30-25(34)12-21/h3-13H,2,14-18H2,1H3/b32-26+. The average molecular weight is 489 g/mol. The number of oxime groups is 1. The van der Waals surface area contributed by atoms with E-state index in [2.05, 4.69) is 43.3 Å². The van der Waals surface area contributed by atoms with Crippen molar-refractivity contribution >= 4 is 17.0 Å². The lowest BCUT2D eigenvalue weighted by molar-refractivity contribution is -0.0273. The van der Waals surface area contributed by atoms with Crippen molar-refractivity contribution in [3.63, 3.8) is 0 Å². The molecule has 7 nitrogen and oxygen atoms in total. The normalized spacial score (nSPS) is 17.3. The van der Waals surface area contributed by atoms with Crippen molar-refractivity contribution < 1.29 is 13.6 Å². The smallest absolute Gasteiger partial charge is 0.159 e. The molecule has 2 aliphatic rings. The van der Waals surface area contributed by atoms with E-state index >= 15 is 0 Å². The van der Waals surface area contributed by atoms with Gasteiger partial charge in [0.1, 0.15) is 18.0 Å². The fourth-order valence-corrected chi connectivity index (χ4v) is 5.19. The lowest BCUT2D eigenvalue weighted by atomic mass is 9.72. The quantitative estimate of drug-likeness (QED) is 0.289. The first-order valence-electron chi connectivity index (χ1n) is 12.0. The monoisotopic (exact) mass is 488 g/mol. The number of fused-ring (bicyclic) bond motifs is 1. The summed E-state index contributed by atoms with van der Waals surface area (Å²) in [7, 11) is 0. The molecule has 2 saturated heterocycles. The minimum absolute atomic E-state index is 0.359. The number of pyridine rings is 2. The maximum absolute atomic E-state index is 13.8. The zero-order valence-corrected chi connectivity index (χ0v) is 19.9. The molecular formula is C27H26F2N6O. The average Bonchev–Trinajstić information content (AvgIpc) is 3.31. The maximum Gasteiger partial charge on any atom is 0.159 e. The first-order valence-corrected chi connectivity index (χ1v) is 12.0. The fourth-order valence-electron chi connectivity index (χ4n) is 5.19. The van der Waals surface area contributed by atoms with E-state index in [9.17, 15) is 8.78 Å². The van der Waals surface area contributed by atoms with Crippen molar-refractivity contribution in [1.82, 2.24) is 19.3 Å². The molecule has 0 aliphatic carbocycles. The van der Waals surface area contributed by atoms with Crippen LogP contribution in [0.4, 0.5) is 14.5 Å². The summed E-state index contributed by atoms with van der Waals surface area (Å²) in [5, 5.41) is 4.10. The van der Waals surface area contributed by atoms with Crippen LogP contribution in [0.1, 0.15) is 23.7 Å². The third kappa shape index (κ3) is 4.19. The molecule has 6 rings (SSSR count). The van der Waals surface area contributed by atoms with Gasteiger partial charge in [-0.05, 0) is 42.8 Å². The zero-order valence-electron chi connectivity index (χ0n) is 19.9. The number of benzene rings is 1. The fraction of sp³-hybridized carbons (Fsp3) is 0.296. The van der Waals surface area contributed by atoms with E-state index in [4.69, 9.17) is 4.84 Å². The second kappa shape index (κ2) is 8.98. The third-order valence-corrected chi connectivity index (χ3v) is 6.87. The number of imidazole rings is 1. The van der Waals surface area contributed by atoms with Crippen LogP contribution in [0.15, 0.2) is 72.4 Å². The van der Waals surface area contributed by atoms with Crippen LogP contribution in [-0.4, -0.2) is 57.8 Å². The molecule has 0 radical (unpaired) electrons. The van der Waals surface area contributed by atoms with Crippen molar-refractivity contribution in [1.29, 1.82) is 0 Å². The molecule has 0 unspecified atom stereocenters. The van der Waals surface area contributed by atoms with E-state index in [0.717, 1.165) is 56.1 Å². The zero-order chi connectivity index (χ0) is 24.7. The van der Waals surface area contributed by atoms with Crippen molar-refractivity contribution in [2.75, 3.05) is 37.7 Å². The van der Waals surface area contributed by atoms with Gasteiger partial charge < -0.3 is 14.1 Å². The minimum Gasteiger partial charge on any atom is -0.396 e. The van der Waals surface area contributed by atoms with Gasteiger partial charge in [-0.15, -0.1) is 0 Å². The van der Waals surface area contributed by atoms with E-state index in [1.807, 2.05) is 42.0 Å². The SMILES string of the molecule is CCO/N=C(\c1ccc(F)c(F)c1)c1ccc(CN2CC3(C2)CN(c2ccn4ccnc4c2)C3)cn1. The summed E-state index contributed by atoms with van der Waals surface area (Å²) < 4.78 is 29.2. The van der Waals surface area contributed by atoms with Gasteiger partial charge >= 0.3 is 0 Å². The Hall–Kier alpha value is -3.85. The lowest BCUT2D eigenvalue weighted by Crippen LogP contribution is -2.71. The van der Waals surface area contributed by atoms with Crippen molar-refractivity contribution in [2.24, 2.45) is 10.6 Å². The summed E-state index contributed by atoms with van der Waals surface area (Å²) in [6.07, 6.45) is 7.65. The highest BCUT2D eigenvalue weighted by Crippen LogP contribution is 2.42. The van der Waals surface area contributed by atoms with Gasteiger partial charge in [0.15, 0.2) is 11.6 Å². The van der Waals surface area contributed by atoms with Gasteiger partial charge in [0.2, 0.25) is 0 Å². The molecule has 1 aromatic carbocycles. The van der Waals surface area contributed by atoms with Crippen LogP contribution >= 0.6 is 0 Å². The molecule has 9 heteroatoms. The van der Waals surface area contributed by atoms with Crippen LogP contribution in [0.3, 0.4) is 0 Å². The first-order chi connectivity index (χ1) is 17.5. The van der Waals surface area contributed by atoms with Gasteiger partial charge in [-0.1, -0.05) is 11.2 Å². The van der Waals surface area contributed by atoms with Crippen molar-refractivity contribution in [3.8, 4) is 0 Å². The molecule has 5 heterocycles. The molecule has 2 aliphatic heterocycles. The topological polar surface area (TPSA) is 58.3 Å². The predicted octanol–water partition coefficient (Wildman–Crippen LogP) is 4.12. The van der Waals surface area contributed by atoms with Gasteiger partial charge in [0.05, 0.1) is 5.69 Å². The maximum atomic E-state index is 13.8. The van der Waals surface area contributed by atoms with E-state index in [0.29, 0.717) is 29.0 Å². The Morgan fingerprint density at radius 2 is 1.86 bits per heavy atom. The highest BCUT2D eigenvalue weighted by Gasteiger charge is 2.51. The molecular weight excluding hydrogens is 462 g/mol. The highest BCUT2D eigenvalue weighted by molar-refractivity contribution is 6.11. The summed E-state index contributed by atoms with van der Waals surface area (Å²) >= 11 is 0. The Bertz CT molecular complexity index is 1420. The summed E-state index contributed by atoms with van der Waals surface area (Å²) in [4.78, 5) is 19.0. The van der Waals surface area contributed by atoms with Gasteiger partial charge in [-0.2, -0.15) is 0 Å². The van der Waals surface area contributed by atoms with Gasteiger partial charge in [0, 0.05) is 80.2 Å². The second-order valence-corrected chi connectivity index (χ2v) is 9.62. The van der Waals surface area contributed by atoms with Crippen molar-refractivity contribution in [2.45, 2.75) is 13.5 Å². The minimum atomic E-state index is -0.934. The van der Waals surface area contributed by atoms with E-state index in [1.165, 1.54) is 11.8 Å². The number of likely N-dealkylation sites (tertiary alicyclic amines) is 1. The number of aromatic nitrogens is 3. The highest BCUT2D eigenvalue weighted by atomic mass is 19.2. The van der Waals surface area contributed by atoms with E-state index in [-0.39, 0.29) is 0 Å². The van der Waals surface area contributed by atoms with Crippen LogP contribution in [0.5, 0.6) is 0 Å². The molecule has 0 bridgehead atoms. The van der Waals surface area contributed by atoms with Crippen LogP contribution in [0.2, 0.25) is 0 Å². The van der Waals surface area contributed by atoms with Gasteiger partial charge in [-0.25, -0.2) is 13.8 Å². The lowest BCUT2D eigenvalue weighted by Gasteiger charge is -2.61. The molecule has 184 valence electrons. The van der Waals surface area contributed by atoms with Crippen LogP contribution in [0, 0.1) is 17.0 Å². The second-order valence-electron chi connectivity index (χ2n) is 9.62. The van der Waals surface area contributed by atoms with Crippen LogP contribution < -0.4 is 4.90 Å². The number of nitrogens with zero attached hydrogens (tertiary/aromatic N) is 6. The largest absolute Gasteiger partial charge is 0.396 e.